The molecule has 10 heteroatoms. The lowest BCUT2D eigenvalue weighted by molar-refractivity contribution is -0.119. The van der Waals surface area contributed by atoms with E-state index in [4.69, 9.17) is 9.47 Å². The molecule has 0 bridgehead atoms. The molecule has 0 fully saturated rings. The number of hydrogen-bond acceptors (Lipinski definition) is 6. The molecule has 0 unspecified atom stereocenters. The first-order valence-electron chi connectivity index (χ1n) is 8.02. The molecule has 0 radical (unpaired) electrons. The van der Waals surface area contributed by atoms with Crippen LogP contribution in [0.25, 0.3) is 0 Å². The van der Waals surface area contributed by atoms with E-state index in [1.54, 1.807) is 36.4 Å². The van der Waals surface area contributed by atoms with E-state index in [1.165, 1.54) is 20.4 Å². The predicted octanol–water partition coefficient (Wildman–Crippen LogP) is 2.38. The van der Waals surface area contributed by atoms with Gasteiger partial charge >= 0.3 is 0 Å². The second-order valence-corrected chi connectivity index (χ2v) is 8.44. The highest BCUT2D eigenvalue weighted by molar-refractivity contribution is 9.10. The zero-order valence-corrected chi connectivity index (χ0v) is 18.0. The van der Waals surface area contributed by atoms with Crippen LogP contribution < -0.4 is 19.2 Å². The number of amides is 1. The first-order valence-corrected chi connectivity index (χ1v) is 10.7. The molecule has 28 heavy (non-hydrogen) atoms. The monoisotopic (exact) mass is 469 g/mol. The van der Waals surface area contributed by atoms with Crippen molar-refractivity contribution in [1.29, 1.82) is 0 Å². The van der Waals surface area contributed by atoms with E-state index in [2.05, 4.69) is 26.5 Å². The van der Waals surface area contributed by atoms with E-state index in [0.29, 0.717) is 17.1 Å². The third kappa shape index (κ3) is 5.70. The molecule has 0 saturated carbocycles. The number of hydrazone groups is 1. The zero-order valence-electron chi connectivity index (χ0n) is 15.5. The predicted molar refractivity (Wildman–Crippen MR) is 112 cm³/mol. The van der Waals surface area contributed by atoms with E-state index in [0.717, 1.165) is 15.0 Å². The average molecular weight is 470 g/mol. The summed E-state index contributed by atoms with van der Waals surface area (Å²) in [6, 6.07) is 11.9. The van der Waals surface area contributed by atoms with Crippen LogP contribution in [0.4, 0.5) is 5.69 Å². The lowest BCUT2D eigenvalue weighted by Crippen LogP contribution is -2.39. The lowest BCUT2D eigenvalue weighted by Gasteiger charge is -2.23. The smallest absolute Gasteiger partial charge is 0.260 e. The van der Waals surface area contributed by atoms with Crippen LogP contribution in [0.2, 0.25) is 0 Å². The number of benzene rings is 2. The summed E-state index contributed by atoms with van der Waals surface area (Å²) in [6.07, 6.45) is 2.43. The highest BCUT2D eigenvalue weighted by Crippen LogP contribution is 2.29. The first-order chi connectivity index (χ1) is 13.3. The van der Waals surface area contributed by atoms with Crippen LogP contribution in [-0.4, -0.2) is 47.6 Å². The van der Waals surface area contributed by atoms with Crippen LogP contribution in [0.1, 0.15) is 5.56 Å². The molecule has 0 aliphatic heterocycles. The van der Waals surface area contributed by atoms with E-state index >= 15 is 0 Å². The average Bonchev–Trinajstić information content (AvgIpc) is 2.65. The number of hydrogen-bond donors (Lipinski definition) is 1. The molecule has 0 aliphatic carbocycles. The molecule has 2 rings (SSSR count). The molecule has 0 saturated heterocycles. The first kappa shape index (κ1) is 21.7. The number of rotatable bonds is 8. The maximum absolute atomic E-state index is 12.3. The maximum Gasteiger partial charge on any atom is 0.260 e. The van der Waals surface area contributed by atoms with E-state index in [9.17, 15) is 13.2 Å². The van der Waals surface area contributed by atoms with Gasteiger partial charge in [0.15, 0.2) is 0 Å². The van der Waals surface area contributed by atoms with Gasteiger partial charge in [-0.15, -0.1) is 0 Å². The number of halogens is 1. The number of para-hydroxylation sites is 2. The Kier molecular flexibility index (Phi) is 7.41. The van der Waals surface area contributed by atoms with Crippen LogP contribution in [0.3, 0.4) is 0 Å². The number of anilines is 1. The van der Waals surface area contributed by atoms with Gasteiger partial charge in [-0.25, -0.2) is 13.8 Å². The summed E-state index contributed by atoms with van der Waals surface area (Å²) < 4.78 is 36.6. The molecule has 0 aliphatic rings. The topological polar surface area (TPSA) is 97.3 Å². The SMILES string of the molecule is COc1ccc(Br)cc1/C=N/NC(=O)CN(c1ccccc1OC)S(C)(=O)=O. The number of carbonyl (C=O) groups excluding carboxylic acids is 1. The Balaban J connectivity index is 2.16. The summed E-state index contributed by atoms with van der Waals surface area (Å²) in [5.74, 6) is 0.303. The van der Waals surface area contributed by atoms with E-state index < -0.39 is 22.5 Å². The fraction of sp³-hybridized carbons (Fsp3) is 0.222. The van der Waals surface area contributed by atoms with Gasteiger partial charge in [0.1, 0.15) is 18.0 Å². The highest BCUT2D eigenvalue weighted by Gasteiger charge is 2.23. The van der Waals surface area contributed by atoms with Crippen molar-refractivity contribution in [2.75, 3.05) is 31.3 Å². The van der Waals surface area contributed by atoms with Gasteiger partial charge < -0.3 is 9.47 Å². The Bertz CT molecular complexity index is 979. The van der Waals surface area contributed by atoms with Gasteiger partial charge in [-0.05, 0) is 30.3 Å². The number of nitrogens with zero attached hydrogens (tertiary/aromatic N) is 2. The molecule has 1 N–H and O–H groups in total. The Morgan fingerprint density at radius 2 is 1.86 bits per heavy atom. The summed E-state index contributed by atoms with van der Waals surface area (Å²) in [6.45, 7) is -0.452. The summed E-state index contributed by atoms with van der Waals surface area (Å²) in [5.41, 5.74) is 3.23. The van der Waals surface area contributed by atoms with Crippen LogP contribution >= 0.6 is 15.9 Å². The van der Waals surface area contributed by atoms with Crippen molar-refractivity contribution < 1.29 is 22.7 Å². The standard InChI is InChI=1S/C18H20BrN3O5S/c1-26-16-9-8-14(19)10-13(16)11-20-21-18(23)12-22(28(3,24)25)15-6-4-5-7-17(15)27-2/h4-11H,12H2,1-3H3,(H,21,23)/b20-11+. The van der Waals surface area contributed by atoms with Gasteiger partial charge in [0.2, 0.25) is 10.0 Å². The lowest BCUT2D eigenvalue weighted by atomic mass is 10.2. The van der Waals surface area contributed by atoms with Crippen molar-refractivity contribution in [3.8, 4) is 11.5 Å². The second kappa shape index (κ2) is 9.56. The fourth-order valence-corrected chi connectivity index (χ4v) is 3.60. The maximum atomic E-state index is 12.3. The molecule has 2 aromatic carbocycles. The molecule has 0 heterocycles. The molecule has 0 aromatic heterocycles. The minimum atomic E-state index is -3.72. The number of nitrogens with one attached hydrogen (secondary N) is 1. The molecule has 0 spiro atoms. The summed E-state index contributed by atoms with van der Waals surface area (Å²) in [5, 5.41) is 3.88. The molecule has 8 nitrogen and oxygen atoms in total. The second-order valence-electron chi connectivity index (χ2n) is 5.62. The summed E-state index contributed by atoms with van der Waals surface area (Å²) >= 11 is 3.35. The van der Waals surface area contributed by atoms with Gasteiger partial charge in [0, 0.05) is 10.0 Å². The Morgan fingerprint density at radius 3 is 2.50 bits per heavy atom. The van der Waals surface area contributed by atoms with E-state index in [1.807, 2.05) is 6.07 Å². The molecule has 1 amide bonds. The quantitative estimate of drug-likeness (QED) is 0.472. The number of sulfonamides is 1. The highest BCUT2D eigenvalue weighted by atomic mass is 79.9. The van der Waals surface area contributed by atoms with Crippen LogP contribution in [0.15, 0.2) is 52.0 Å². The molecular formula is C18H20BrN3O5S. The van der Waals surface area contributed by atoms with Crippen molar-refractivity contribution >= 4 is 43.8 Å². The Morgan fingerprint density at radius 1 is 1.18 bits per heavy atom. The van der Waals surface area contributed by atoms with Gasteiger partial charge in [0.05, 0.1) is 32.4 Å². The van der Waals surface area contributed by atoms with Gasteiger partial charge in [-0.3, -0.25) is 9.10 Å². The Labute approximate surface area is 172 Å². The van der Waals surface area contributed by atoms with Crippen molar-refractivity contribution in [2.45, 2.75) is 0 Å². The molecular weight excluding hydrogens is 450 g/mol. The minimum absolute atomic E-state index is 0.264. The number of carbonyl (C=O) groups is 1. The number of ether oxygens (including phenoxy) is 2. The van der Waals surface area contributed by atoms with E-state index in [-0.39, 0.29) is 5.69 Å². The van der Waals surface area contributed by atoms with Crippen molar-refractivity contribution in [1.82, 2.24) is 5.43 Å². The van der Waals surface area contributed by atoms with Crippen LogP contribution in [-0.2, 0) is 14.8 Å². The number of methoxy groups -OCH3 is 2. The summed E-state index contributed by atoms with van der Waals surface area (Å²) in [4.78, 5) is 12.3. The molecule has 150 valence electrons. The van der Waals surface area contributed by atoms with Gasteiger partial charge in [-0.1, -0.05) is 28.1 Å². The largest absolute Gasteiger partial charge is 0.496 e. The van der Waals surface area contributed by atoms with Crippen molar-refractivity contribution in [3.05, 3.63) is 52.5 Å². The Hall–Kier alpha value is -2.59. The fourth-order valence-electron chi connectivity index (χ4n) is 2.36. The zero-order chi connectivity index (χ0) is 20.7. The molecule has 2 aromatic rings. The van der Waals surface area contributed by atoms with Crippen LogP contribution in [0.5, 0.6) is 11.5 Å². The van der Waals surface area contributed by atoms with Crippen molar-refractivity contribution in [2.24, 2.45) is 5.10 Å². The van der Waals surface area contributed by atoms with Crippen LogP contribution in [0, 0.1) is 0 Å². The minimum Gasteiger partial charge on any atom is -0.496 e. The van der Waals surface area contributed by atoms with Crippen molar-refractivity contribution in [3.63, 3.8) is 0 Å². The normalized spacial score (nSPS) is 11.3. The van der Waals surface area contributed by atoms with Gasteiger partial charge in [0.25, 0.3) is 5.91 Å². The van der Waals surface area contributed by atoms with Gasteiger partial charge in [-0.2, -0.15) is 5.10 Å². The third-order valence-electron chi connectivity index (χ3n) is 3.63. The summed E-state index contributed by atoms with van der Waals surface area (Å²) in [7, 11) is -0.775. The third-order valence-corrected chi connectivity index (χ3v) is 5.25. The molecule has 0 atom stereocenters.